The first-order valence-corrected chi connectivity index (χ1v) is 13.1. The molecule has 2 unspecified atom stereocenters. The number of benzene rings is 3. The van der Waals surface area contributed by atoms with E-state index in [-0.39, 0.29) is 49.2 Å². The van der Waals surface area contributed by atoms with Gasteiger partial charge in [-0.15, -0.1) is 37.2 Å². The zero-order valence-corrected chi connectivity index (χ0v) is 25.9. The molecule has 7 nitrogen and oxygen atoms in total. The number of nitrogens with zero attached hydrogens (tertiary/aromatic N) is 2. The average molecular weight is 622 g/mol. The van der Waals surface area contributed by atoms with Crippen molar-refractivity contribution >= 4 is 37.2 Å². The number of halogens is 3. The quantitative estimate of drug-likeness (QED) is 0.219. The molecule has 0 aliphatic carbocycles. The van der Waals surface area contributed by atoms with Gasteiger partial charge in [-0.2, -0.15) is 0 Å². The van der Waals surface area contributed by atoms with Gasteiger partial charge in [0.15, 0.2) is 0 Å². The number of imidazole rings is 1. The van der Waals surface area contributed by atoms with Gasteiger partial charge in [0.2, 0.25) is 0 Å². The molecule has 0 bridgehead atoms. The number of ether oxygens (including phenoxy) is 2. The number of aryl methyl sites for hydroxylation is 1. The predicted molar refractivity (Wildman–Crippen MR) is 172 cm³/mol. The van der Waals surface area contributed by atoms with Crippen LogP contribution in [0, 0.1) is 6.92 Å². The number of H-pyrrole nitrogens is 1. The molecule has 1 aliphatic rings. The molecule has 1 aliphatic heterocycles. The van der Waals surface area contributed by atoms with Crippen LogP contribution in [0.4, 0.5) is 0 Å². The number of hydrogen-bond acceptors (Lipinski definition) is 6. The number of aromatic nitrogens is 2. The second kappa shape index (κ2) is 16.0. The fourth-order valence-electron chi connectivity index (χ4n) is 5.49. The zero-order chi connectivity index (χ0) is 26.5. The lowest BCUT2D eigenvalue weighted by Crippen LogP contribution is -2.52. The minimum Gasteiger partial charge on any atom is -0.497 e. The van der Waals surface area contributed by atoms with Crippen molar-refractivity contribution in [1.29, 1.82) is 0 Å². The van der Waals surface area contributed by atoms with Crippen molar-refractivity contribution in [1.82, 2.24) is 20.2 Å². The maximum atomic E-state index is 12.2. The van der Waals surface area contributed by atoms with Crippen molar-refractivity contribution in [3.05, 3.63) is 101 Å². The minimum atomic E-state index is -0.843. The van der Waals surface area contributed by atoms with Gasteiger partial charge in [-0.1, -0.05) is 54.6 Å². The van der Waals surface area contributed by atoms with E-state index >= 15 is 0 Å². The number of aliphatic hydroxyl groups is 1. The third-order valence-corrected chi connectivity index (χ3v) is 7.39. The summed E-state index contributed by atoms with van der Waals surface area (Å²) in [5, 5.41) is 15.7. The predicted octanol–water partition coefficient (Wildman–Crippen LogP) is 5.81. The van der Waals surface area contributed by atoms with Crippen molar-refractivity contribution < 1.29 is 14.6 Å². The van der Waals surface area contributed by atoms with Crippen LogP contribution < -0.4 is 14.8 Å². The lowest BCUT2D eigenvalue weighted by atomic mass is 9.80. The number of aromatic amines is 1. The zero-order valence-electron chi connectivity index (χ0n) is 23.4. The van der Waals surface area contributed by atoms with E-state index in [2.05, 4.69) is 39.5 Å². The molecule has 1 fully saturated rings. The molecule has 2 heterocycles. The summed E-state index contributed by atoms with van der Waals surface area (Å²) in [6.45, 7) is 5.35. The summed E-state index contributed by atoms with van der Waals surface area (Å²) >= 11 is 0. The largest absolute Gasteiger partial charge is 0.497 e. The number of hydrogen-bond donors (Lipinski definition) is 3. The summed E-state index contributed by atoms with van der Waals surface area (Å²) in [5.74, 6) is 2.16. The van der Waals surface area contributed by atoms with Gasteiger partial charge in [-0.05, 0) is 42.3 Å². The van der Waals surface area contributed by atoms with Crippen molar-refractivity contribution in [3.8, 4) is 22.9 Å². The SMILES string of the molecule is COc1cccc(C(c2cccc(OC)c2)C(C(O)c2nc(-c3ccccc3)[nH]c2C)N2CCNCC2)c1.Cl.Cl.Cl. The molecule has 1 saturated heterocycles. The van der Waals surface area contributed by atoms with Crippen molar-refractivity contribution in [2.45, 2.75) is 25.0 Å². The summed E-state index contributed by atoms with van der Waals surface area (Å²) < 4.78 is 11.2. The van der Waals surface area contributed by atoms with Crippen molar-refractivity contribution in [2.24, 2.45) is 0 Å². The number of nitrogens with one attached hydrogen (secondary N) is 2. The topological polar surface area (TPSA) is 82.6 Å². The Hall–Kier alpha value is -2.78. The Labute approximate surface area is 260 Å². The number of piperazine rings is 1. The van der Waals surface area contributed by atoms with Gasteiger partial charge in [0.1, 0.15) is 23.4 Å². The Morgan fingerprint density at radius 1 is 0.805 bits per heavy atom. The highest BCUT2D eigenvalue weighted by atomic mass is 35.5. The van der Waals surface area contributed by atoms with Gasteiger partial charge >= 0.3 is 0 Å². The van der Waals surface area contributed by atoms with Gasteiger partial charge in [-0.3, -0.25) is 4.90 Å². The molecule has 0 spiro atoms. The van der Waals surface area contributed by atoms with Crippen molar-refractivity contribution in [2.75, 3.05) is 40.4 Å². The van der Waals surface area contributed by atoms with E-state index < -0.39 is 6.10 Å². The summed E-state index contributed by atoms with van der Waals surface area (Å²) in [4.78, 5) is 10.7. The van der Waals surface area contributed by atoms with E-state index in [9.17, 15) is 5.11 Å². The van der Waals surface area contributed by atoms with Crippen molar-refractivity contribution in [3.63, 3.8) is 0 Å². The standard InChI is InChI=1S/C31H36N4O3.3ClH/c1-21-28(34-31(33-21)22-9-5-4-6-10-22)30(36)29(35-17-15-32-16-18-35)27(23-11-7-13-25(19-23)37-2)24-12-8-14-26(20-24)38-3;;;/h4-14,19-20,27,29-30,32,36H,15-18H2,1-3H3,(H,33,34);3*1H. The highest BCUT2D eigenvalue weighted by Crippen LogP contribution is 2.40. The van der Waals surface area contributed by atoms with Gasteiger partial charge < -0.3 is 24.9 Å². The summed E-state index contributed by atoms with van der Waals surface area (Å²) in [7, 11) is 3.36. The Morgan fingerprint density at radius 2 is 1.37 bits per heavy atom. The fraction of sp³-hybridized carbons (Fsp3) is 0.323. The highest BCUT2D eigenvalue weighted by molar-refractivity contribution is 5.86. The fourth-order valence-corrected chi connectivity index (χ4v) is 5.49. The van der Waals surface area contributed by atoms with Crippen LogP contribution in [-0.2, 0) is 0 Å². The number of methoxy groups -OCH3 is 2. The summed E-state index contributed by atoms with van der Waals surface area (Å²) in [6, 6.07) is 26.0. The molecular formula is C31H39Cl3N4O3. The molecule has 10 heteroatoms. The highest BCUT2D eigenvalue weighted by Gasteiger charge is 2.39. The van der Waals surface area contributed by atoms with E-state index in [0.717, 1.165) is 65.9 Å². The van der Waals surface area contributed by atoms with E-state index in [1.807, 2.05) is 61.5 Å². The van der Waals surface area contributed by atoms with Crippen LogP contribution in [0.15, 0.2) is 78.9 Å². The molecule has 4 aromatic rings. The smallest absolute Gasteiger partial charge is 0.137 e. The normalized spacial score (nSPS) is 14.7. The van der Waals surface area contributed by atoms with E-state index in [1.54, 1.807) is 14.2 Å². The molecule has 0 radical (unpaired) electrons. The maximum Gasteiger partial charge on any atom is 0.137 e. The summed E-state index contributed by atoms with van der Waals surface area (Å²) in [5.41, 5.74) is 4.66. The molecule has 222 valence electrons. The molecule has 5 rings (SSSR count). The second-order valence-corrected chi connectivity index (χ2v) is 9.71. The molecule has 1 aromatic heterocycles. The molecular weight excluding hydrogens is 583 g/mol. The lowest BCUT2D eigenvalue weighted by molar-refractivity contribution is 0.0295. The Bertz CT molecular complexity index is 1300. The molecule has 2 atom stereocenters. The molecule has 3 N–H and O–H groups in total. The van der Waals surface area contributed by atoms with Crippen LogP contribution >= 0.6 is 37.2 Å². The van der Waals surface area contributed by atoms with Gasteiger partial charge in [0.25, 0.3) is 0 Å². The molecule has 0 amide bonds. The third kappa shape index (κ3) is 7.74. The number of rotatable bonds is 9. The van der Waals surface area contributed by atoms with Crippen LogP contribution in [0.1, 0.15) is 34.5 Å². The number of aliphatic hydroxyl groups excluding tert-OH is 1. The van der Waals surface area contributed by atoms with Crippen LogP contribution in [0.5, 0.6) is 11.5 Å². The molecule has 41 heavy (non-hydrogen) atoms. The molecule has 3 aromatic carbocycles. The maximum absolute atomic E-state index is 12.2. The monoisotopic (exact) mass is 620 g/mol. The van der Waals surface area contributed by atoms with E-state index in [0.29, 0.717) is 5.69 Å². The second-order valence-electron chi connectivity index (χ2n) is 9.71. The van der Waals surface area contributed by atoms with Gasteiger partial charge in [0.05, 0.1) is 26.0 Å². The Balaban J connectivity index is 0.00000196. The first kappa shape index (κ1) is 34.4. The Morgan fingerprint density at radius 3 is 1.90 bits per heavy atom. The van der Waals surface area contributed by atoms with E-state index in [4.69, 9.17) is 14.5 Å². The first-order chi connectivity index (χ1) is 18.6. The first-order valence-electron chi connectivity index (χ1n) is 13.1. The van der Waals surface area contributed by atoms with Gasteiger partial charge in [-0.25, -0.2) is 4.98 Å². The van der Waals surface area contributed by atoms with Crippen LogP contribution in [0.3, 0.4) is 0 Å². The average Bonchev–Trinajstić information content (AvgIpc) is 3.38. The minimum absolute atomic E-state index is 0. The van der Waals surface area contributed by atoms with Crippen LogP contribution in [-0.4, -0.2) is 66.4 Å². The summed E-state index contributed by atoms with van der Waals surface area (Å²) in [6.07, 6.45) is -0.843. The molecule has 0 saturated carbocycles. The van der Waals surface area contributed by atoms with E-state index in [1.165, 1.54) is 0 Å². The third-order valence-electron chi connectivity index (χ3n) is 7.39. The van der Waals surface area contributed by atoms with Crippen LogP contribution in [0.2, 0.25) is 0 Å². The van der Waals surface area contributed by atoms with Crippen LogP contribution in [0.25, 0.3) is 11.4 Å². The Kier molecular flexibility index (Phi) is 13.4. The van der Waals surface area contributed by atoms with Gasteiger partial charge in [0, 0.05) is 43.4 Å². The lowest BCUT2D eigenvalue weighted by Gasteiger charge is -2.42.